The molecule has 3 fully saturated rings. The van der Waals surface area contributed by atoms with E-state index in [0.717, 1.165) is 31.5 Å². The molecule has 0 amide bonds. The monoisotopic (exact) mass is 423 g/mol. The first-order valence-electron chi connectivity index (χ1n) is 9.68. The average Bonchev–Trinajstić information content (AvgIpc) is 3.23. The summed E-state index contributed by atoms with van der Waals surface area (Å²) in [5, 5.41) is 9.19. The highest BCUT2D eigenvalue weighted by atomic mass is 35.5. The van der Waals surface area contributed by atoms with E-state index >= 15 is 4.39 Å². The molecule has 1 saturated heterocycles. The van der Waals surface area contributed by atoms with Crippen molar-refractivity contribution in [2.24, 2.45) is 11.1 Å². The van der Waals surface area contributed by atoms with Crippen LogP contribution in [0, 0.1) is 11.2 Å². The van der Waals surface area contributed by atoms with E-state index in [4.69, 9.17) is 17.3 Å². The van der Waals surface area contributed by atoms with E-state index in [1.54, 1.807) is 4.90 Å². The van der Waals surface area contributed by atoms with Gasteiger partial charge in [0.2, 0.25) is 5.43 Å². The molecule has 3 atom stereocenters. The lowest BCUT2D eigenvalue weighted by atomic mass is 9.66. The molecule has 2 saturated carbocycles. The number of hydrogen-bond donors (Lipinski definition) is 2. The van der Waals surface area contributed by atoms with Gasteiger partial charge >= 0.3 is 5.97 Å². The van der Waals surface area contributed by atoms with Crippen LogP contribution in [0.5, 0.6) is 0 Å². The van der Waals surface area contributed by atoms with Gasteiger partial charge in [-0.25, -0.2) is 13.6 Å². The van der Waals surface area contributed by atoms with Gasteiger partial charge in [0.05, 0.1) is 27.7 Å². The van der Waals surface area contributed by atoms with Crippen molar-refractivity contribution < 1.29 is 18.7 Å². The predicted octanol–water partition coefficient (Wildman–Crippen LogP) is 3.09. The number of alkyl halides is 1. The lowest BCUT2D eigenvalue weighted by molar-refractivity contribution is 0.0694. The van der Waals surface area contributed by atoms with Gasteiger partial charge in [0.1, 0.15) is 17.6 Å². The van der Waals surface area contributed by atoms with Crippen LogP contribution in [-0.4, -0.2) is 40.9 Å². The Morgan fingerprint density at radius 1 is 1.38 bits per heavy atom. The van der Waals surface area contributed by atoms with Gasteiger partial charge in [-0.1, -0.05) is 18.0 Å². The van der Waals surface area contributed by atoms with Crippen molar-refractivity contribution in [2.45, 2.75) is 43.9 Å². The van der Waals surface area contributed by atoms with Gasteiger partial charge in [-0.2, -0.15) is 0 Å². The Kier molecular flexibility index (Phi) is 3.99. The third-order valence-corrected chi connectivity index (χ3v) is 7.19. The first-order valence-corrected chi connectivity index (χ1v) is 10.1. The number of carboxylic acids is 1. The van der Waals surface area contributed by atoms with Gasteiger partial charge in [-0.15, -0.1) is 0 Å². The molecule has 6 nitrogen and oxygen atoms in total. The molecule has 3 unspecified atom stereocenters. The fourth-order valence-electron chi connectivity index (χ4n) is 4.90. The van der Waals surface area contributed by atoms with Crippen LogP contribution in [0.3, 0.4) is 0 Å². The first-order chi connectivity index (χ1) is 13.7. The van der Waals surface area contributed by atoms with Crippen LogP contribution in [0.1, 0.15) is 42.1 Å². The predicted molar refractivity (Wildman–Crippen MR) is 105 cm³/mol. The first kappa shape index (κ1) is 18.8. The van der Waals surface area contributed by atoms with E-state index in [9.17, 15) is 19.1 Å². The summed E-state index contributed by atoms with van der Waals surface area (Å²) < 4.78 is 30.4. The zero-order chi connectivity index (χ0) is 20.7. The molecular weight excluding hydrogens is 404 g/mol. The van der Waals surface area contributed by atoms with Crippen molar-refractivity contribution in [3.8, 4) is 0 Å². The zero-order valence-electron chi connectivity index (χ0n) is 15.5. The molecular formula is C20H20ClF2N3O3. The maximum absolute atomic E-state index is 15.1. The zero-order valence-corrected chi connectivity index (χ0v) is 16.3. The Hall–Kier alpha value is -2.19. The highest BCUT2D eigenvalue weighted by Gasteiger charge is 2.49. The summed E-state index contributed by atoms with van der Waals surface area (Å²) in [7, 11) is 0. The molecule has 1 spiro atoms. The van der Waals surface area contributed by atoms with Crippen LogP contribution in [-0.2, 0) is 0 Å². The number of anilines is 1. The van der Waals surface area contributed by atoms with Crippen molar-refractivity contribution >= 4 is 34.2 Å². The minimum atomic E-state index is -1.44. The normalized spacial score (nSPS) is 27.4. The van der Waals surface area contributed by atoms with Crippen molar-refractivity contribution in [2.75, 3.05) is 18.0 Å². The molecule has 5 rings (SSSR count). The van der Waals surface area contributed by atoms with E-state index in [2.05, 4.69) is 0 Å². The molecule has 1 aliphatic heterocycles. The molecule has 1 aromatic heterocycles. The minimum Gasteiger partial charge on any atom is -0.477 e. The fourth-order valence-corrected chi connectivity index (χ4v) is 5.31. The van der Waals surface area contributed by atoms with Crippen LogP contribution in [0.15, 0.2) is 17.1 Å². The third kappa shape index (κ3) is 2.61. The maximum atomic E-state index is 15.1. The van der Waals surface area contributed by atoms with Crippen LogP contribution in [0.25, 0.3) is 10.9 Å². The topological polar surface area (TPSA) is 88.6 Å². The van der Waals surface area contributed by atoms with E-state index in [-0.39, 0.29) is 39.5 Å². The van der Waals surface area contributed by atoms with Crippen molar-refractivity contribution in [3.05, 3.63) is 38.9 Å². The number of hydrogen-bond acceptors (Lipinski definition) is 4. The molecule has 2 aliphatic carbocycles. The fraction of sp³-hybridized carbons (Fsp3) is 0.500. The molecule has 2 heterocycles. The third-order valence-electron chi connectivity index (χ3n) is 6.83. The molecule has 29 heavy (non-hydrogen) atoms. The lowest BCUT2D eigenvalue weighted by Crippen LogP contribution is -2.45. The summed E-state index contributed by atoms with van der Waals surface area (Å²) in [4.78, 5) is 25.9. The van der Waals surface area contributed by atoms with Gasteiger partial charge in [-0.3, -0.25) is 4.79 Å². The molecule has 3 N–H and O–H groups in total. The Morgan fingerprint density at radius 3 is 2.59 bits per heavy atom. The molecule has 0 radical (unpaired) electrons. The smallest absolute Gasteiger partial charge is 0.341 e. The number of carboxylic acid groups (broad SMARTS) is 1. The van der Waals surface area contributed by atoms with Crippen LogP contribution in [0.4, 0.5) is 14.5 Å². The molecule has 2 aromatic rings. The van der Waals surface area contributed by atoms with E-state index in [0.29, 0.717) is 13.1 Å². The largest absolute Gasteiger partial charge is 0.477 e. The summed E-state index contributed by atoms with van der Waals surface area (Å²) >= 11 is 6.61. The van der Waals surface area contributed by atoms with Crippen LogP contribution >= 0.6 is 11.6 Å². The number of benzene rings is 1. The molecule has 0 bridgehead atoms. The number of fused-ring (bicyclic) bond motifs is 1. The number of aromatic nitrogens is 1. The van der Waals surface area contributed by atoms with E-state index < -0.39 is 35.0 Å². The SMILES string of the molecule is NC1CN(c2c(F)cc3c(=O)c(C(=O)O)cn(C4CC4F)c3c2Cl)CC12CCC2. The van der Waals surface area contributed by atoms with Crippen LogP contribution < -0.4 is 16.1 Å². The summed E-state index contributed by atoms with van der Waals surface area (Å²) in [6.45, 7) is 1.01. The second-order valence-corrected chi connectivity index (χ2v) is 8.90. The van der Waals surface area contributed by atoms with E-state index in [1.165, 1.54) is 4.57 Å². The van der Waals surface area contributed by atoms with Gasteiger partial charge in [0, 0.05) is 37.2 Å². The molecule has 9 heteroatoms. The Balaban J connectivity index is 1.73. The quantitative estimate of drug-likeness (QED) is 0.792. The number of carbonyl (C=O) groups is 1. The van der Waals surface area contributed by atoms with Crippen LogP contribution in [0.2, 0.25) is 5.02 Å². The van der Waals surface area contributed by atoms with E-state index in [1.807, 2.05) is 0 Å². The van der Waals surface area contributed by atoms with Crippen molar-refractivity contribution in [1.82, 2.24) is 4.57 Å². The Morgan fingerprint density at radius 2 is 2.07 bits per heavy atom. The lowest BCUT2D eigenvalue weighted by Gasteiger charge is -2.41. The van der Waals surface area contributed by atoms with Gasteiger partial charge in [0.15, 0.2) is 0 Å². The standard InChI is InChI=1S/C20H20ClF2N3O3/c21-15-16-9(18(27)10(19(28)29)6-26(16)13-5-11(13)22)4-12(23)17(15)25-7-14(24)20(8-25)2-1-3-20/h4,6,11,13-14H,1-3,5,7-8,24H2,(H,28,29). The number of nitrogens with zero attached hydrogens (tertiary/aromatic N) is 2. The minimum absolute atomic E-state index is 0.00304. The second-order valence-electron chi connectivity index (χ2n) is 8.52. The molecule has 1 aromatic carbocycles. The van der Waals surface area contributed by atoms with Crippen molar-refractivity contribution in [1.29, 1.82) is 0 Å². The highest BCUT2D eigenvalue weighted by molar-refractivity contribution is 6.38. The Bertz CT molecular complexity index is 1110. The number of nitrogens with two attached hydrogens (primary N) is 1. The Labute approximate surface area is 169 Å². The summed E-state index contributed by atoms with van der Waals surface area (Å²) in [6.07, 6.45) is 3.20. The molecule has 154 valence electrons. The average molecular weight is 424 g/mol. The van der Waals surface area contributed by atoms with Gasteiger partial charge in [0.25, 0.3) is 0 Å². The summed E-state index contributed by atoms with van der Waals surface area (Å²) in [5.41, 5.74) is 5.23. The number of aromatic carboxylic acids is 1. The van der Waals surface area contributed by atoms with Gasteiger partial charge < -0.3 is 20.3 Å². The highest BCUT2D eigenvalue weighted by Crippen LogP contribution is 2.50. The number of halogens is 3. The summed E-state index contributed by atoms with van der Waals surface area (Å²) in [5.74, 6) is -2.15. The number of rotatable bonds is 3. The van der Waals surface area contributed by atoms with Gasteiger partial charge in [-0.05, 0) is 18.9 Å². The molecule has 3 aliphatic rings. The maximum Gasteiger partial charge on any atom is 0.341 e. The second kappa shape index (κ2) is 6.15. The number of pyridine rings is 1. The van der Waals surface area contributed by atoms with Crippen molar-refractivity contribution in [3.63, 3.8) is 0 Å². The summed E-state index contributed by atoms with van der Waals surface area (Å²) in [6, 6.07) is 0.304.